The first-order chi connectivity index (χ1) is 11.6. The van der Waals surface area contributed by atoms with Crippen LogP contribution >= 0.6 is 0 Å². The summed E-state index contributed by atoms with van der Waals surface area (Å²) in [4.78, 5) is 20.6. The van der Waals surface area contributed by atoms with Gasteiger partial charge in [-0.3, -0.25) is 0 Å². The Labute approximate surface area is 141 Å². The second-order valence-electron chi connectivity index (χ2n) is 6.65. The van der Waals surface area contributed by atoms with E-state index < -0.39 is 6.09 Å². The molecule has 2 fully saturated rings. The van der Waals surface area contributed by atoms with Crippen LogP contribution in [-0.4, -0.2) is 45.8 Å². The number of carbonyl (C=O) groups is 1. The molecule has 1 aliphatic carbocycles. The molecule has 7 heteroatoms. The van der Waals surface area contributed by atoms with E-state index >= 15 is 0 Å². The van der Waals surface area contributed by atoms with Gasteiger partial charge in [0.15, 0.2) is 0 Å². The minimum Gasteiger partial charge on any atom is -0.478 e. The summed E-state index contributed by atoms with van der Waals surface area (Å²) < 4.78 is 5.68. The van der Waals surface area contributed by atoms with E-state index in [2.05, 4.69) is 9.97 Å². The summed E-state index contributed by atoms with van der Waals surface area (Å²) in [5.74, 6) is 3.04. The summed E-state index contributed by atoms with van der Waals surface area (Å²) in [6, 6.07) is 3.57. The average molecular weight is 330 g/mol. The van der Waals surface area contributed by atoms with Crippen molar-refractivity contribution in [1.82, 2.24) is 14.9 Å². The molecule has 128 valence electrons. The SMILES string of the molecule is Cc1nc(C#N)cc(OCC[C@@H]2C[C@@H]2C2CCN(C(=O)O)CC2)n1. The Morgan fingerprint density at radius 3 is 2.88 bits per heavy atom. The van der Waals surface area contributed by atoms with Crippen molar-refractivity contribution in [3.63, 3.8) is 0 Å². The van der Waals surface area contributed by atoms with Crippen molar-refractivity contribution in [2.24, 2.45) is 17.8 Å². The summed E-state index contributed by atoms with van der Waals surface area (Å²) in [7, 11) is 0. The molecule has 1 N–H and O–H groups in total. The molecule has 0 spiro atoms. The van der Waals surface area contributed by atoms with E-state index in [0.717, 1.165) is 19.3 Å². The van der Waals surface area contributed by atoms with Crippen molar-refractivity contribution in [2.45, 2.75) is 32.6 Å². The average Bonchev–Trinajstić information content (AvgIpc) is 3.34. The summed E-state index contributed by atoms with van der Waals surface area (Å²) in [6.07, 6.45) is 3.35. The number of piperidine rings is 1. The number of nitriles is 1. The van der Waals surface area contributed by atoms with Crippen molar-refractivity contribution in [3.8, 4) is 11.9 Å². The van der Waals surface area contributed by atoms with Crippen molar-refractivity contribution in [3.05, 3.63) is 17.6 Å². The van der Waals surface area contributed by atoms with E-state index in [1.54, 1.807) is 13.0 Å². The first kappa shape index (κ1) is 16.5. The predicted octanol–water partition coefficient (Wildman–Crippen LogP) is 2.45. The number of carboxylic acid groups (broad SMARTS) is 1. The number of amides is 1. The maximum Gasteiger partial charge on any atom is 0.407 e. The first-order valence-electron chi connectivity index (χ1n) is 8.43. The lowest BCUT2D eigenvalue weighted by Gasteiger charge is -2.30. The molecule has 0 radical (unpaired) electrons. The topological polar surface area (TPSA) is 99.3 Å². The molecule has 2 atom stereocenters. The van der Waals surface area contributed by atoms with Gasteiger partial charge in [0.1, 0.15) is 17.6 Å². The van der Waals surface area contributed by atoms with Crippen LogP contribution in [0.25, 0.3) is 0 Å². The van der Waals surface area contributed by atoms with Crippen LogP contribution in [0, 0.1) is 36.0 Å². The Morgan fingerprint density at radius 2 is 2.21 bits per heavy atom. The number of likely N-dealkylation sites (tertiary alicyclic amines) is 1. The maximum atomic E-state index is 10.9. The van der Waals surface area contributed by atoms with Gasteiger partial charge in [-0.1, -0.05) is 0 Å². The third-order valence-corrected chi connectivity index (χ3v) is 5.06. The van der Waals surface area contributed by atoms with Gasteiger partial charge in [0, 0.05) is 19.2 Å². The van der Waals surface area contributed by atoms with Gasteiger partial charge in [-0.25, -0.2) is 9.78 Å². The van der Waals surface area contributed by atoms with Gasteiger partial charge in [0.05, 0.1) is 6.61 Å². The fourth-order valence-corrected chi connectivity index (χ4v) is 3.69. The molecule has 1 saturated carbocycles. The standard InChI is InChI=1S/C17H22N4O3/c1-11-19-14(10-18)9-16(20-11)24-7-4-13-8-15(13)12-2-5-21(6-3-12)17(22)23/h9,12-13,15H,2-8H2,1H3,(H,22,23)/t13-,15-/m1/s1. The summed E-state index contributed by atoms with van der Waals surface area (Å²) >= 11 is 0. The minimum absolute atomic E-state index is 0.326. The lowest BCUT2D eigenvalue weighted by molar-refractivity contribution is 0.119. The zero-order valence-corrected chi connectivity index (χ0v) is 13.8. The molecule has 0 bridgehead atoms. The van der Waals surface area contributed by atoms with Gasteiger partial charge in [0.25, 0.3) is 0 Å². The molecule has 1 amide bonds. The third kappa shape index (κ3) is 3.94. The molecule has 0 aromatic carbocycles. The fourth-order valence-electron chi connectivity index (χ4n) is 3.69. The Morgan fingerprint density at radius 1 is 1.46 bits per heavy atom. The molecule has 24 heavy (non-hydrogen) atoms. The highest BCUT2D eigenvalue weighted by atomic mass is 16.5. The molecule has 3 rings (SSSR count). The zero-order valence-electron chi connectivity index (χ0n) is 13.8. The van der Waals surface area contributed by atoms with Gasteiger partial charge < -0.3 is 14.7 Å². The predicted molar refractivity (Wildman–Crippen MR) is 85.5 cm³/mol. The van der Waals surface area contributed by atoms with Gasteiger partial charge in [-0.05, 0) is 50.4 Å². The second kappa shape index (κ2) is 7.04. The van der Waals surface area contributed by atoms with Gasteiger partial charge in [-0.2, -0.15) is 10.2 Å². The highest BCUT2D eigenvalue weighted by Crippen LogP contribution is 2.49. The van der Waals surface area contributed by atoms with Crippen LogP contribution < -0.4 is 4.74 Å². The highest BCUT2D eigenvalue weighted by molar-refractivity contribution is 5.64. The number of rotatable bonds is 5. The monoisotopic (exact) mass is 330 g/mol. The normalized spacial score (nSPS) is 23.6. The lowest BCUT2D eigenvalue weighted by Crippen LogP contribution is -2.38. The molecule has 0 unspecified atom stereocenters. The van der Waals surface area contributed by atoms with E-state index in [1.807, 2.05) is 6.07 Å². The smallest absolute Gasteiger partial charge is 0.407 e. The molecule has 1 aromatic rings. The van der Waals surface area contributed by atoms with Crippen LogP contribution in [0.15, 0.2) is 6.07 Å². The Kier molecular flexibility index (Phi) is 4.84. The number of aromatic nitrogens is 2. The van der Waals surface area contributed by atoms with E-state index in [0.29, 0.717) is 54.8 Å². The number of hydrogen-bond acceptors (Lipinski definition) is 5. The fraction of sp³-hybridized carbons (Fsp3) is 0.647. The quantitative estimate of drug-likeness (QED) is 0.890. The van der Waals surface area contributed by atoms with Gasteiger partial charge in [-0.15, -0.1) is 0 Å². The molecule has 7 nitrogen and oxygen atoms in total. The second-order valence-corrected chi connectivity index (χ2v) is 6.65. The number of aryl methyl sites for hydroxylation is 1. The largest absolute Gasteiger partial charge is 0.478 e. The van der Waals surface area contributed by atoms with Gasteiger partial charge in [0.2, 0.25) is 5.88 Å². The van der Waals surface area contributed by atoms with E-state index in [-0.39, 0.29) is 0 Å². The van der Waals surface area contributed by atoms with Crippen LogP contribution in [0.3, 0.4) is 0 Å². The van der Waals surface area contributed by atoms with Crippen molar-refractivity contribution in [1.29, 1.82) is 5.26 Å². The third-order valence-electron chi connectivity index (χ3n) is 5.06. The molecule has 1 saturated heterocycles. The van der Waals surface area contributed by atoms with Crippen LogP contribution in [0.5, 0.6) is 5.88 Å². The highest BCUT2D eigenvalue weighted by Gasteiger charge is 2.43. The first-order valence-corrected chi connectivity index (χ1v) is 8.43. The van der Waals surface area contributed by atoms with E-state index in [1.165, 1.54) is 11.3 Å². The zero-order chi connectivity index (χ0) is 17.1. The number of nitrogens with zero attached hydrogens (tertiary/aromatic N) is 4. The molecular weight excluding hydrogens is 308 g/mol. The molecule has 1 aromatic heterocycles. The molecule has 2 heterocycles. The lowest BCUT2D eigenvalue weighted by atomic mass is 9.91. The minimum atomic E-state index is -0.800. The Hall–Kier alpha value is -2.36. The van der Waals surface area contributed by atoms with Crippen LogP contribution in [-0.2, 0) is 0 Å². The number of ether oxygens (including phenoxy) is 1. The molecule has 2 aliphatic rings. The van der Waals surface area contributed by atoms with Crippen LogP contribution in [0.4, 0.5) is 4.79 Å². The van der Waals surface area contributed by atoms with Crippen molar-refractivity contribution in [2.75, 3.05) is 19.7 Å². The van der Waals surface area contributed by atoms with Crippen molar-refractivity contribution >= 4 is 6.09 Å². The van der Waals surface area contributed by atoms with Crippen LogP contribution in [0.2, 0.25) is 0 Å². The van der Waals surface area contributed by atoms with E-state index in [4.69, 9.17) is 15.1 Å². The Balaban J connectivity index is 1.40. The summed E-state index contributed by atoms with van der Waals surface area (Å²) in [5, 5.41) is 17.9. The Bertz CT molecular complexity index is 650. The van der Waals surface area contributed by atoms with Gasteiger partial charge >= 0.3 is 6.09 Å². The van der Waals surface area contributed by atoms with Crippen LogP contribution in [0.1, 0.15) is 37.2 Å². The summed E-state index contributed by atoms with van der Waals surface area (Å²) in [6.45, 7) is 3.66. The van der Waals surface area contributed by atoms with E-state index in [9.17, 15) is 4.79 Å². The summed E-state index contributed by atoms with van der Waals surface area (Å²) in [5.41, 5.74) is 0.326. The molecule has 1 aliphatic heterocycles. The molecular formula is C17H22N4O3. The number of hydrogen-bond donors (Lipinski definition) is 1. The maximum absolute atomic E-state index is 10.9. The van der Waals surface area contributed by atoms with Crippen molar-refractivity contribution < 1.29 is 14.6 Å².